The van der Waals surface area contributed by atoms with Crippen LogP contribution in [0.25, 0.3) is 10.9 Å². The fraction of sp³-hybridized carbons (Fsp3) is 0.300. The number of aromatic nitrogens is 2. The summed E-state index contributed by atoms with van der Waals surface area (Å²) in [6.45, 7) is 2.44. The molecule has 1 aliphatic carbocycles. The summed E-state index contributed by atoms with van der Waals surface area (Å²) in [4.78, 5) is 18.5. The van der Waals surface area contributed by atoms with Gasteiger partial charge in [-0.3, -0.25) is 4.79 Å². The molecule has 0 spiro atoms. The molecule has 4 aromatic rings. The largest absolute Gasteiger partial charge is 0.493 e. The fourth-order valence-electron chi connectivity index (χ4n) is 4.95. The smallest absolute Gasteiger partial charge is 0.282 e. The van der Waals surface area contributed by atoms with Gasteiger partial charge in [-0.15, -0.1) is 0 Å². The number of para-hydroxylation sites is 1. The second-order valence-electron chi connectivity index (χ2n) is 9.49. The van der Waals surface area contributed by atoms with Gasteiger partial charge < -0.3 is 9.47 Å². The number of aryl methyl sites for hydroxylation is 1. The van der Waals surface area contributed by atoms with Crippen LogP contribution >= 0.6 is 15.9 Å². The maximum atomic E-state index is 13.6. The minimum absolute atomic E-state index is 0.161. The molecule has 0 N–H and O–H groups in total. The Morgan fingerprint density at radius 3 is 2.68 bits per heavy atom. The molecule has 0 unspecified atom stereocenters. The molecule has 1 heterocycles. The molecular formula is C30H30BrN3O3. The summed E-state index contributed by atoms with van der Waals surface area (Å²) in [5, 5.41) is 5.27. The van der Waals surface area contributed by atoms with Crippen molar-refractivity contribution in [3.8, 4) is 11.5 Å². The maximum absolute atomic E-state index is 13.6. The van der Waals surface area contributed by atoms with E-state index in [-0.39, 0.29) is 11.5 Å². The van der Waals surface area contributed by atoms with Crippen molar-refractivity contribution in [2.24, 2.45) is 5.10 Å². The molecule has 190 valence electrons. The number of ether oxygens (including phenoxy) is 2. The van der Waals surface area contributed by atoms with Crippen LogP contribution in [0.3, 0.4) is 0 Å². The number of fused-ring (bicyclic) bond motifs is 1. The van der Waals surface area contributed by atoms with E-state index < -0.39 is 0 Å². The SMILES string of the molecule is COc1cc(Br)cc(C=Nn2c(C3CCCCC3)nc3ccccc3c2=O)c1OCc1cccc(C)c1. The number of benzene rings is 3. The quantitative estimate of drug-likeness (QED) is 0.229. The van der Waals surface area contributed by atoms with Gasteiger partial charge in [0.25, 0.3) is 5.56 Å². The Bertz CT molecular complexity index is 1510. The highest BCUT2D eigenvalue weighted by Gasteiger charge is 2.22. The van der Waals surface area contributed by atoms with Crippen LogP contribution in [0, 0.1) is 6.92 Å². The predicted octanol–water partition coefficient (Wildman–Crippen LogP) is 6.98. The van der Waals surface area contributed by atoms with Crippen LogP contribution in [0.15, 0.2) is 75.0 Å². The second kappa shape index (κ2) is 11.3. The Kier molecular flexibility index (Phi) is 7.70. The Labute approximate surface area is 225 Å². The van der Waals surface area contributed by atoms with Gasteiger partial charge in [-0.1, -0.05) is 77.2 Å². The minimum Gasteiger partial charge on any atom is -0.493 e. The molecular weight excluding hydrogens is 530 g/mol. The third-order valence-corrected chi connectivity index (χ3v) is 7.25. The number of halogens is 1. The molecule has 1 aromatic heterocycles. The van der Waals surface area contributed by atoms with Crippen LogP contribution in [0.5, 0.6) is 11.5 Å². The molecule has 0 saturated heterocycles. The minimum atomic E-state index is -0.161. The van der Waals surface area contributed by atoms with Gasteiger partial charge in [0.1, 0.15) is 12.4 Å². The summed E-state index contributed by atoms with van der Waals surface area (Å²) in [5.41, 5.74) is 3.48. The van der Waals surface area contributed by atoms with Gasteiger partial charge in [0, 0.05) is 16.0 Å². The van der Waals surface area contributed by atoms with Gasteiger partial charge in [-0.25, -0.2) is 4.98 Å². The first-order valence-corrected chi connectivity index (χ1v) is 13.4. The van der Waals surface area contributed by atoms with Crippen LogP contribution in [0.2, 0.25) is 0 Å². The topological polar surface area (TPSA) is 65.7 Å². The summed E-state index contributed by atoms with van der Waals surface area (Å²) in [5.74, 6) is 2.08. The number of rotatable bonds is 7. The molecule has 6 nitrogen and oxygen atoms in total. The first-order chi connectivity index (χ1) is 18.0. The summed E-state index contributed by atoms with van der Waals surface area (Å²) >= 11 is 3.57. The second-order valence-corrected chi connectivity index (χ2v) is 10.4. The molecule has 37 heavy (non-hydrogen) atoms. The highest BCUT2D eigenvalue weighted by molar-refractivity contribution is 9.10. The number of methoxy groups -OCH3 is 1. The van der Waals surface area contributed by atoms with E-state index in [1.165, 1.54) is 16.7 Å². The molecule has 5 rings (SSSR count). The number of hydrogen-bond donors (Lipinski definition) is 0. The summed E-state index contributed by atoms with van der Waals surface area (Å²) in [6.07, 6.45) is 7.18. The molecule has 0 bridgehead atoms. The maximum Gasteiger partial charge on any atom is 0.282 e. The van der Waals surface area contributed by atoms with E-state index in [0.29, 0.717) is 34.6 Å². The van der Waals surface area contributed by atoms with Crippen molar-refractivity contribution in [2.75, 3.05) is 7.11 Å². The van der Waals surface area contributed by atoms with Crippen molar-refractivity contribution in [1.29, 1.82) is 0 Å². The van der Waals surface area contributed by atoms with Crippen LogP contribution in [-0.4, -0.2) is 23.0 Å². The monoisotopic (exact) mass is 559 g/mol. The van der Waals surface area contributed by atoms with Crippen molar-refractivity contribution in [2.45, 2.75) is 51.6 Å². The van der Waals surface area contributed by atoms with Crippen LogP contribution < -0.4 is 15.0 Å². The molecule has 1 aliphatic rings. The van der Waals surface area contributed by atoms with E-state index in [4.69, 9.17) is 19.6 Å². The zero-order chi connectivity index (χ0) is 25.8. The van der Waals surface area contributed by atoms with Gasteiger partial charge in [0.15, 0.2) is 11.5 Å². The van der Waals surface area contributed by atoms with E-state index in [0.717, 1.165) is 41.5 Å². The summed E-state index contributed by atoms with van der Waals surface area (Å²) in [6, 6.07) is 19.4. The lowest BCUT2D eigenvalue weighted by Crippen LogP contribution is -2.25. The average Bonchev–Trinajstić information content (AvgIpc) is 2.92. The van der Waals surface area contributed by atoms with E-state index in [9.17, 15) is 4.79 Å². The van der Waals surface area contributed by atoms with E-state index in [1.54, 1.807) is 19.4 Å². The van der Waals surface area contributed by atoms with E-state index in [2.05, 4.69) is 35.0 Å². The molecule has 0 atom stereocenters. The van der Waals surface area contributed by atoms with Gasteiger partial charge >= 0.3 is 0 Å². The fourth-order valence-corrected chi connectivity index (χ4v) is 5.40. The Morgan fingerprint density at radius 2 is 1.89 bits per heavy atom. The van der Waals surface area contributed by atoms with Gasteiger partial charge in [0.2, 0.25) is 0 Å². The lowest BCUT2D eigenvalue weighted by Gasteiger charge is -2.22. The Balaban J connectivity index is 1.57. The van der Waals surface area contributed by atoms with Gasteiger partial charge in [-0.2, -0.15) is 9.78 Å². The van der Waals surface area contributed by atoms with Crippen molar-refractivity contribution in [1.82, 2.24) is 9.66 Å². The third kappa shape index (κ3) is 5.62. The molecule has 3 aromatic carbocycles. The summed E-state index contributed by atoms with van der Waals surface area (Å²) < 4.78 is 14.2. The van der Waals surface area contributed by atoms with E-state index in [1.807, 2.05) is 42.5 Å². The molecule has 1 fully saturated rings. The van der Waals surface area contributed by atoms with Crippen molar-refractivity contribution in [3.63, 3.8) is 0 Å². The first kappa shape index (κ1) is 25.2. The Hall–Kier alpha value is -3.45. The number of nitrogens with zero attached hydrogens (tertiary/aromatic N) is 3. The normalized spacial score (nSPS) is 14.4. The zero-order valence-electron chi connectivity index (χ0n) is 21.1. The lowest BCUT2D eigenvalue weighted by atomic mass is 9.88. The Morgan fingerprint density at radius 1 is 1.08 bits per heavy atom. The first-order valence-electron chi connectivity index (χ1n) is 12.7. The molecule has 0 amide bonds. The number of hydrogen-bond acceptors (Lipinski definition) is 5. The highest BCUT2D eigenvalue weighted by atomic mass is 79.9. The van der Waals surface area contributed by atoms with Crippen LogP contribution in [-0.2, 0) is 6.61 Å². The highest BCUT2D eigenvalue weighted by Crippen LogP contribution is 2.35. The van der Waals surface area contributed by atoms with Gasteiger partial charge in [-0.05, 0) is 49.6 Å². The van der Waals surface area contributed by atoms with Crippen LogP contribution in [0.4, 0.5) is 0 Å². The van der Waals surface area contributed by atoms with Crippen molar-refractivity contribution >= 4 is 33.0 Å². The summed E-state index contributed by atoms with van der Waals surface area (Å²) in [7, 11) is 1.61. The van der Waals surface area contributed by atoms with Crippen LogP contribution in [0.1, 0.15) is 60.5 Å². The molecule has 0 radical (unpaired) electrons. The van der Waals surface area contributed by atoms with Crippen molar-refractivity contribution in [3.05, 3.63) is 98.0 Å². The molecule has 0 aliphatic heterocycles. The molecule has 1 saturated carbocycles. The lowest BCUT2D eigenvalue weighted by molar-refractivity contribution is 0.284. The average molecular weight is 560 g/mol. The zero-order valence-corrected chi connectivity index (χ0v) is 22.7. The predicted molar refractivity (Wildman–Crippen MR) is 151 cm³/mol. The van der Waals surface area contributed by atoms with Gasteiger partial charge in [0.05, 0.1) is 24.2 Å². The van der Waals surface area contributed by atoms with Crippen molar-refractivity contribution < 1.29 is 9.47 Å². The van der Waals surface area contributed by atoms with E-state index >= 15 is 0 Å². The third-order valence-electron chi connectivity index (χ3n) is 6.80. The standard InChI is InChI=1S/C30H30BrN3O3/c1-20-9-8-10-21(15-20)19-37-28-23(16-24(31)17-27(28)36-2)18-32-34-29(22-11-4-3-5-12-22)33-26-14-7-6-13-25(26)30(34)35/h6-10,13-18,22H,3-5,11-12,19H2,1-2H3. The molecule has 7 heteroatoms.